The zero-order chi connectivity index (χ0) is 23.3. The van der Waals surface area contributed by atoms with E-state index in [1.807, 2.05) is 6.92 Å². The van der Waals surface area contributed by atoms with Crippen LogP contribution in [0.3, 0.4) is 0 Å². The number of methoxy groups -OCH3 is 3. The Hall–Kier alpha value is -4.01. The van der Waals surface area contributed by atoms with E-state index in [0.29, 0.717) is 35.2 Å². The molecular weight excluding hydrogens is 416 g/mol. The normalized spacial score (nSPS) is 14.9. The fourth-order valence-electron chi connectivity index (χ4n) is 3.11. The third-order valence-corrected chi connectivity index (χ3v) is 4.71. The SMILES string of the molecule is CCCOc1ccc(N2C(=O)NC(=O)/C(=C\c3ccc(OC)cc3OC)C2=O)cc1OC. The summed E-state index contributed by atoms with van der Waals surface area (Å²) in [6.07, 6.45) is 2.17. The molecule has 168 valence electrons. The fraction of sp³-hybridized carbons (Fsp3) is 0.261. The van der Waals surface area contributed by atoms with E-state index in [0.717, 1.165) is 11.3 Å². The molecule has 1 N–H and O–H groups in total. The number of anilines is 1. The molecule has 2 aromatic carbocycles. The first-order chi connectivity index (χ1) is 15.4. The fourth-order valence-corrected chi connectivity index (χ4v) is 3.11. The highest BCUT2D eigenvalue weighted by molar-refractivity contribution is 6.39. The van der Waals surface area contributed by atoms with Crippen LogP contribution in [-0.4, -0.2) is 45.8 Å². The topological polar surface area (TPSA) is 103 Å². The first kappa shape index (κ1) is 22.7. The molecule has 4 amide bonds. The largest absolute Gasteiger partial charge is 0.497 e. The highest BCUT2D eigenvalue weighted by Crippen LogP contribution is 2.34. The molecule has 0 aromatic heterocycles. The van der Waals surface area contributed by atoms with Crippen LogP contribution in [0.1, 0.15) is 18.9 Å². The van der Waals surface area contributed by atoms with Crippen molar-refractivity contribution >= 4 is 29.6 Å². The first-order valence-electron chi connectivity index (χ1n) is 9.87. The van der Waals surface area contributed by atoms with Crippen LogP contribution >= 0.6 is 0 Å². The lowest BCUT2D eigenvalue weighted by molar-refractivity contribution is -0.122. The molecule has 1 aliphatic rings. The monoisotopic (exact) mass is 440 g/mol. The minimum atomic E-state index is -0.858. The zero-order valence-electron chi connectivity index (χ0n) is 18.3. The average molecular weight is 440 g/mol. The standard InChI is InChI=1S/C23H24N2O7/c1-5-10-32-18-9-7-15(12-20(18)31-4)25-22(27)17(21(26)24-23(25)28)11-14-6-8-16(29-2)13-19(14)30-3/h6-9,11-13H,5,10H2,1-4H3,(H,24,26,28)/b17-11+. The van der Waals surface area contributed by atoms with Gasteiger partial charge >= 0.3 is 6.03 Å². The predicted molar refractivity (Wildman–Crippen MR) is 117 cm³/mol. The van der Waals surface area contributed by atoms with E-state index < -0.39 is 17.8 Å². The molecule has 1 saturated heterocycles. The van der Waals surface area contributed by atoms with Crippen molar-refractivity contribution in [3.8, 4) is 23.0 Å². The lowest BCUT2D eigenvalue weighted by atomic mass is 10.1. The maximum absolute atomic E-state index is 13.2. The molecule has 1 fully saturated rings. The maximum atomic E-state index is 13.2. The Labute approximate surface area is 185 Å². The van der Waals surface area contributed by atoms with Crippen molar-refractivity contribution < 1.29 is 33.3 Å². The van der Waals surface area contributed by atoms with E-state index in [1.165, 1.54) is 33.5 Å². The molecular formula is C23H24N2O7. The van der Waals surface area contributed by atoms with Gasteiger partial charge in [0.15, 0.2) is 11.5 Å². The number of barbiturate groups is 1. The molecule has 9 nitrogen and oxygen atoms in total. The molecule has 1 heterocycles. The Bertz CT molecular complexity index is 1080. The van der Waals surface area contributed by atoms with Gasteiger partial charge < -0.3 is 18.9 Å². The molecule has 0 saturated carbocycles. The number of hydrogen-bond donors (Lipinski definition) is 1. The smallest absolute Gasteiger partial charge is 0.335 e. The van der Waals surface area contributed by atoms with E-state index in [1.54, 1.807) is 30.3 Å². The predicted octanol–water partition coefficient (Wildman–Crippen LogP) is 3.17. The lowest BCUT2D eigenvalue weighted by Gasteiger charge is -2.27. The van der Waals surface area contributed by atoms with Gasteiger partial charge in [-0.15, -0.1) is 0 Å². The van der Waals surface area contributed by atoms with Gasteiger partial charge in [0.25, 0.3) is 11.8 Å². The van der Waals surface area contributed by atoms with Gasteiger partial charge in [-0.2, -0.15) is 0 Å². The summed E-state index contributed by atoms with van der Waals surface area (Å²) in [6.45, 7) is 2.46. The second kappa shape index (κ2) is 9.86. The third-order valence-electron chi connectivity index (χ3n) is 4.71. The number of amides is 4. The molecule has 3 rings (SSSR count). The number of nitrogens with one attached hydrogen (secondary N) is 1. The van der Waals surface area contributed by atoms with Gasteiger partial charge in [0.05, 0.1) is 33.6 Å². The van der Waals surface area contributed by atoms with Crippen LogP contribution in [0.2, 0.25) is 0 Å². The van der Waals surface area contributed by atoms with Crippen molar-refractivity contribution in [3.05, 3.63) is 47.5 Å². The quantitative estimate of drug-likeness (QED) is 0.497. The van der Waals surface area contributed by atoms with Gasteiger partial charge in [-0.1, -0.05) is 6.92 Å². The van der Waals surface area contributed by atoms with Crippen molar-refractivity contribution in [3.63, 3.8) is 0 Å². The summed E-state index contributed by atoms with van der Waals surface area (Å²) in [5, 5.41) is 2.20. The minimum absolute atomic E-state index is 0.224. The maximum Gasteiger partial charge on any atom is 0.335 e. The molecule has 1 aliphatic heterocycles. The van der Waals surface area contributed by atoms with Gasteiger partial charge in [0, 0.05) is 17.7 Å². The van der Waals surface area contributed by atoms with E-state index in [4.69, 9.17) is 18.9 Å². The van der Waals surface area contributed by atoms with E-state index >= 15 is 0 Å². The number of nitrogens with zero attached hydrogens (tertiary/aromatic N) is 1. The van der Waals surface area contributed by atoms with E-state index in [-0.39, 0.29) is 11.3 Å². The van der Waals surface area contributed by atoms with Crippen LogP contribution < -0.4 is 29.2 Å². The van der Waals surface area contributed by atoms with Crippen molar-refractivity contribution in [2.75, 3.05) is 32.8 Å². The molecule has 0 bridgehead atoms. The van der Waals surface area contributed by atoms with Crippen LogP contribution in [0.4, 0.5) is 10.5 Å². The van der Waals surface area contributed by atoms with Gasteiger partial charge in [-0.05, 0) is 36.8 Å². The summed E-state index contributed by atoms with van der Waals surface area (Å²) < 4.78 is 21.4. The second-order valence-corrected chi connectivity index (χ2v) is 6.75. The number of urea groups is 1. The van der Waals surface area contributed by atoms with Gasteiger partial charge in [0.1, 0.15) is 17.1 Å². The number of carbonyl (C=O) groups is 3. The Morgan fingerprint density at radius 1 is 0.906 bits per heavy atom. The van der Waals surface area contributed by atoms with Crippen molar-refractivity contribution in [2.45, 2.75) is 13.3 Å². The Kier molecular flexibility index (Phi) is 6.99. The van der Waals surface area contributed by atoms with Crippen LogP contribution in [0.15, 0.2) is 42.0 Å². The highest BCUT2D eigenvalue weighted by Gasteiger charge is 2.37. The number of benzene rings is 2. The summed E-state index contributed by atoms with van der Waals surface area (Å²) in [4.78, 5) is 39.0. The highest BCUT2D eigenvalue weighted by atomic mass is 16.5. The summed E-state index contributed by atoms with van der Waals surface area (Å²) in [5.74, 6) is 0.219. The summed E-state index contributed by atoms with van der Waals surface area (Å²) in [7, 11) is 4.44. The summed E-state index contributed by atoms with van der Waals surface area (Å²) in [5.41, 5.74) is 0.480. The molecule has 0 unspecified atom stereocenters. The third kappa shape index (κ3) is 4.51. The molecule has 0 spiro atoms. The van der Waals surface area contributed by atoms with Gasteiger partial charge in [-0.3, -0.25) is 14.9 Å². The van der Waals surface area contributed by atoms with Crippen LogP contribution in [-0.2, 0) is 9.59 Å². The molecule has 32 heavy (non-hydrogen) atoms. The zero-order valence-corrected chi connectivity index (χ0v) is 18.3. The second-order valence-electron chi connectivity index (χ2n) is 6.75. The minimum Gasteiger partial charge on any atom is -0.497 e. The summed E-state index contributed by atoms with van der Waals surface area (Å²) >= 11 is 0. The lowest BCUT2D eigenvalue weighted by Crippen LogP contribution is -2.54. The van der Waals surface area contributed by atoms with E-state index in [2.05, 4.69) is 5.32 Å². The van der Waals surface area contributed by atoms with Gasteiger partial charge in [-0.25, -0.2) is 9.69 Å². The molecule has 0 aliphatic carbocycles. The van der Waals surface area contributed by atoms with Crippen LogP contribution in [0, 0.1) is 0 Å². The Balaban J connectivity index is 2.00. The molecule has 0 atom stereocenters. The Morgan fingerprint density at radius 3 is 2.31 bits per heavy atom. The first-order valence-corrected chi connectivity index (χ1v) is 9.87. The van der Waals surface area contributed by atoms with Crippen LogP contribution in [0.5, 0.6) is 23.0 Å². The van der Waals surface area contributed by atoms with E-state index in [9.17, 15) is 14.4 Å². The van der Waals surface area contributed by atoms with Crippen molar-refractivity contribution in [2.24, 2.45) is 0 Å². The molecule has 0 radical (unpaired) electrons. The van der Waals surface area contributed by atoms with Crippen molar-refractivity contribution in [1.29, 1.82) is 0 Å². The summed E-state index contributed by atoms with van der Waals surface area (Å²) in [6, 6.07) is 8.74. The van der Waals surface area contributed by atoms with Gasteiger partial charge in [0.2, 0.25) is 0 Å². The number of hydrogen-bond acceptors (Lipinski definition) is 7. The average Bonchev–Trinajstić information content (AvgIpc) is 2.80. The van der Waals surface area contributed by atoms with Crippen LogP contribution in [0.25, 0.3) is 6.08 Å². The number of carbonyl (C=O) groups excluding carboxylic acids is 3. The number of rotatable bonds is 8. The number of imide groups is 2. The number of ether oxygens (including phenoxy) is 4. The molecule has 2 aromatic rings. The van der Waals surface area contributed by atoms with Crippen molar-refractivity contribution in [1.82, 2.24) is 5.32 Å². The Morgan fingerprint density at radius 2 is 1.66 bits per heavy atom. The molecule has 9 heteroatoms.